The Morgan fingerprint density at radius 2 is 1.76 bits per heavy atom. The van der Waals surface area contributed by atoms with Gasteiger partial charge in [0.25, 0.3) is 0 Å². The lowest BCUT2D eigenvalue weighted by Gasteiger charge is -2.04. The predicted molar refractivity (Wildman–Crippen MR) is 73.2 cm³/mol. The summed E-state index contributed by atoms with van der Waals surface area (Å²) in [6.45, 7) is 3.61. The quantitative estimate of drug-likeness (QED) is 0.330. The molecule has 0 spiro atoms. The molecule has 0 amide bonds. The molecule has 0 radical (unpaired) electrons. The lowest BCUT2D eigenvalue weighted by Crippen LogP contribution is -2.12. The third-order valence-electron chi connectivity index (χ3n) is 2.69. The van der Waals surface area contributed by atoms with Gasteiger partial charge in [-0.05, 0) is 12.0 Å². The smallest absolute Gasteiger partial charge is 0.299 e. The minimum atomic E-state index is -0.974. The van der Waals surface area contributed by atoms with Crippen molar-refractivity contribution in [2.24, 2.45) is 5.92 Å². The Morgan fingerprint density at radius 1 is 1.14 bits per heavy atom. The molecule has 8 nitrogen and oxygen atoms in total. The van der Waals surface area contributed by atoms with Crippen LogP contribution in [0, 0.1) is 26.1 Å². The van der Waals surface area contributed by atoms with E-state index in [2.05, 4.69) is 0 Å². The SMILES string of the molecule is CC(C)CC(=O)CC(=O)c1cccc([N+](=O)[O-])c1[N+](=O)[O-]. The lowest BCUT2D eigenvalue weighted by atomic mass is 9.99. The molecule has 0 aliphatic heterocycles. The number of ketones is 2. The standard InChI is InChI=1S/C13H14N2O6/c1-8(2)6-9(16)7-12(17)10-4-3-5-11(14(18)19)13(10)15(20)21/h3-5,8H,6-7H2,1-2H3. The van der Waals surface area contributed by atoms with Crippen molar-refractivity contribution in [3.8, 4) is 0 Å². The normalized spacial score (nSPS) is 10.4. The molecule has 0 saturated heterocycles. The maximum atomic E-state index is 12.0. The highest BCUT2D eigenvalue weighted by atomic mass is 16.6. The average molecular weight is 294 g/mol. The van der Waals surface area contributed by atoms with Crippen LogP contribution in [-0.2, 0) is 4.79 Å². The van der Waals surface area contributed by atoms with Crippen molar-refractivity contribution in [1.82, 2.24) is 0 Å². The molecule has 1 rings (SSSR count). The first-order valence-electron chi connectivity index (χ1n) is 6.20. The number of nitro groups is 2. The second kappa shape index (κ2) is 6.69. The third kappa shape index (κ3) is 4.16. The Bertz CT molecular complexity index is 609. The second-order valence-corrected chi connectivity index (χ2v) is 4.92. The monoisotopic (exact) mass is 294 g/mol. The lowest BCUT2D eigenvalue weighted by molar-refractivity contribution is -0.422. The van der Waals surface area contributed by atoms with Crippen molar-refractivity contribution in [3.63, 3.8) is 0 Å². The number of benzene rings is 1. The topological polar surface area (TPSA) is 120 Å². The number of para-hydroxylation sites is 1. The van der Waals surface area contributed by atoms with Crippen LogP contribution >= 0.6 is 0 Å². The number of rotatable bonds is 7. The number of hydrogen-bond acceptors (Lipinski definition) is 6. The highest BCUT2D eigenvalue weighted by Gasteiger charge is 2.31. The second-order valence-electron chi connectivity index (χ2n) is 4.92. The van der Waals surface area contributed by atoms with E-state index in [1.54, 1.807) is 13.8 Å². The van der Waals surface area contributed by atoms with Crippen LogP contribution in [0.25, 0.3) is 0 Å². The molecular weight excluding hydrogens is 280 g/mol. The number of Topliss-reactive ketones (excluding diaryl/α,β-unsaturated/α-hetero) is 2. The van der Waals surface area contributed by atoms with Gasteiger partial charge in [0.15, 0.2) is 5.78 Å². The molecule has 112 valence electrons. The van der Waals surface area contributed by atoms with Gasteiger partial charge in [-0.2, -0.15) is 0 Å². The van der Waals surface area contributed by atoms with Crippen molar-refractivity contribution in [2.45, 2.75) is 26.7 Å². The van der Waals surface area contributed by atoms with Gasteiger partial charge in [-0.1, -0.05) is 19.9 Å². The molecule has 1 aromatic carbocycles. The Labute approximate surface area is 120 Å². The molecule has 8 heteroatoms. The van der Waals surface area contributed by atoms with Gasteiger partial charge in [-0.15, -0.1) is 0 Å². The van der Waals surface area contributed by atoms with Crippen LogP contribution in [0.5, 0.6) is 0 Å². The predicted octanol–water partition coefficient (Wildman–Crippen LogP) is 2.69. The highest BCUT2D eigenvalue weighted by molar-refractivity contribution is 6.10. The summed E-state index contributed by atoms with van der Waals surface area (Å²) in [7, 11) is 0. The maximum absolute atomic E-state index is 12.0. The zero-order chi connectivity index (χ0) is 16.2. The van der Waals surface area contributed by atoms with Gasteiger partial charge in [0, 0.05) is 12.5 Å². The summed E-state index contributed by atoms with van der Waals surface area (Å²) >= 11 is 0. The van der Waals surface area contributed by atoms with E-state index in [0.717, 1.165) is 12.1 Å². The number of nitro benzene ring substituents is 2. The van der Waals surface area contributed by atoms with Gasteiger partial charge < -0.3 is 0 Å². The molecule has 0 aliphatic carbocycles. The van der Waals surface area contributed by atoms with Gasteiger partial charge in [0.05, 0.1) is 16.3 Å². The van der Waals surface area contributed by atoms with Crippen molar-refractivity contribution in [1.29, 1.82) is 0 Å². The minimum absolute atomic E-state index is 0.0606. The van der Waals surface area contributed by atoms with Gasteiger partial charge in [-0.25, -0.2) is 0 Å². The van der Waals surface area contributed by atoms with E-state index in [1.807, 2.05) is 0 Å². The Hall–Kier alpha value is -2.64. The molecule has 0 aliphatic rings. The van der Waals surface area contributed by atoms with Crippen molar-refractivity contribution >= 4 is 22.9 Å². The Kier molecular flexibility index (Phi) is 5.23. The van der Waals surface area contributed by atoms with E-state index < -0.39 is 39.0 Å². The zero-order valence-electron chi connectivity index (χ0n) is 11.6. The fraction of sp³-hybridized carbons (Fsp3) is 0.385. The van der Waals surface area contributed by atoms with Crippen LogP contribution in [0.2, 0.25) is 0 Å². The summed E-state index contributed by atoms with van der Waals surface area (Å²) in [5.41, 5.74) is -2.04. The molecule has 0 fully saturated rings. The molecule has 0 bridgehead atoms. The zero-order valence-corrected chi connectivity index (χ0v) is 11.6. The molecule has 0 aromatic heterocycles. The summed E-state index contributed by atoms with van der Waals surface area (Å²) in [5.74, 6) is -1.07. The number of carbonyl (C=O) groups excluding carboxylic acids is 2. The van der Waals surface area contributed by atoms with Crippen LogP contribution in [-0.4, -0.2) is 21.4 Å². The fourth-order valence-corrected chi connectivity index (χ4v) is 1.90. The summed E-state index contributed by atoms with van der Waals surface area (Å²) in [6.07, 6.45) is -0.325. The first kappa shape index (κ1) is 16.4. The van der Waals surface area contributed by atoms with Gasteiger partial charge >= 0.3 is 11.4 Å². The largest absolute Gasteiger partial charge is 0.356 e. The third-order valence-corrected chi connectivity index (χ3v) is 2.69. The van der Waals surface area contributed by atoms with Gasteiger partial charge in [-0.3, -0.25) is 29.8 Å². The molecule has 21 heavy (non-hydrogen) atoms. The maximum Gasteiger partial charge on any atom is 0.356 e. The van der Waals surface area contributed by atoms with Crippen LogP contribution in [0.4, 0.5) is 11.4 Å². The van der Waals surface area contributed by atoms with Crippen LogP contribution in [0.1, 0.15) is 37.0 Å². The molecule has 0 N–H and O–H groups in total. The van der Waals surface area contributed by atoms with Crippen LogP contribution < -0.4 is 0 Å². The summed E-state index contributed by atoms with van der Waals surface area (Å²) in [5, 5.41) is 21.8. The van der Waals surface area contributed by atoms with E-state index in [-0.39, 0.29) is 18.1 Å². The molecule has 0 atom stereocenters. The molecule has 0 heterocycles. The highest BCUT2D eigenvalue weighted by Crippen LogP contribution is 2.31. The van der Waals surface area contributed by atoms with E-state index in [9.17, 15) is 29.8 Å². The number of nitrogens with zero attached hydrogens (tertiary/aromatic N) is 2. The van der Waals surface area contributed by atoms with E-state index in [0.29, 0.717) is 0 Å². The van der Waals surface area contributed by atoms with Crippen molar-refractivity contribution < 1.29 is 19.4 Å². The van der Waals surface area contributed by atoms with Crippen LogP contribution in [0.15, 0.2) is 18.2 Å². The van der Waals surface area contributed by atoms with Gasteiger partial charge in [0.1, 0.15) is 11.3 Å². The van der Waals surface area contributed by atoms with E-state index >= 15 is 0 Å². The van der Waals surface area contributed by atoms with E-state index in [1.165, 1.54) is 6.07 Å². The summed E-state index contributed by atoms with van der Waals surface area (Å²) in [6, 6.07) is 3.26. The minimum Gasteiger partial charge on any atom is -0.299 e. The van der Waals surface area contributed by atoms with Crippen molar-refractivity contribution in [3.05, 3.63) is 44.0 Å². The number of hydrogen-bond donors (Lipinski definition) is 0. The molecule has 0 unspecified atom stereocenters. The Balaban J connectivity index is 3.15. The van der Waals surface area contributed by atoms with E-state index in [4.69, 9.17) is 0 Å². The summed E-state index contributed by atoms with van der Waals surface area (Å²) in [4.78, 5) is 43.5. The summed E-state index contributed by atoms with van der Waals surface area (Å²) < 4.78 is 0. The Morgan fingerprint density at radius 3 is 2.24 bits per heavy atom. The molecular formula is C13H14N2O6. The van der Waals surface area contributed by atoms with Gasteiger partial charge in [0.2, 0.25) is 0 Å². The number of carbonyl (C=O) groups is 2. The first-order valence-corrected chi connectivity index (χ1v) is 6.20. The fourth-order valence-electron chi connectivity index (χ4n) is 1.90. The molecule has 1 aromatic rings. The average Bonchev–Trinajstić information content (AvgIpc) is 2.36. The van der Waals surface area contributed by atoms with Crippen molar-refractivity contribution in [2.75, 3.05) is 0 Å². The first-order chi connectivity index (χ1) is 9.73. The molecule has 0 saturated carbocycles. The van der Waals surface area contributed by atoms with Crippen LogP contribution in [0.3, 0.4) is 0 Å².